The molecule has 0 aliphatic rings. The molecule has 0 aliphatic heterocycles. The Bertz CT molecular complexity index is 442. The Balaban J connectivity index is 2.90. The normalized spacial score (nSPS) is 12.5. The number of aryl methyl sites for hydroxylation is 1. The topological polar surface area (TPSA) is 70.5 Å². The fraction of sp³-hybridized carbons (Fsp3) is 0.583. The molecule has 0 radical (unpaired) electrons. The average Bonchev–Trinajstić information content (AvgIpc) is 2.69. The molecule has 0 saturated carbocycles. The summed E-state index contributed by atoms with van der Waals surface area (Å²) in [5.74, 6) is -1.10. The van der Waals surface area contributed by atoms with Gasteiger partial charge in [0, 0.05) is 11.9 Å². The monoisotopic (exact) mass is 270 g/mol. The maximum absolute atomic E-state index is 12.2. The molecule has 1 atom stereocenters. The average molecular weight is 270 g/mol. The number of amides is 1. The van der Waals surface area contributed by atoms with E-state index in [9.17, 15) is 14.7 Å². The van der Waals surface area contributed by atoms with Crippen LogP contribution in [-0.2, 0) is 4.79 Å². The first-order valence-electron chi connectivity index (χ1n) is 5.74. The summed E-state index contributed by atoms with van der Waals surface area (Å²) >= 11 is 1.38. The molecule has 0 aromatic carbocycles. The van der Waals surface area contributed by atoms with Gasteiger partial charge in [0.15, 0.2) is 0 Å². The van der Waals surface area contributed by atoms with E-state index in [0.717, 1.165) is 4.88 Å². The van der Waals surface area contributed by atoms with Crippen molar-refractivity contribution in [3.8, 4) is 0 Å². The van der Waals surface area contributed by atoms with Crippen molar-refractivity contribution in [3.05, 3.63) is 16.1 Å². The van der Waals surface area contributed by atoms with E-state index in [-0.39, 0.29) is 11.8 Å². The van der Waals surface area contributed by atoms with E-state index in [1.165, 1.54) is 23.3 Å². The minimum absolute atomic E-state index is 0.206. The van der Waals surface area contributed by atoms with Gasteiger partial charge in [0.25, 0.3) is 5.91 Å². The van der Waals surface area contributed by atoms with Gasteiger partial charge in [0.05, 0.1) is 5.51 Å². The van der Waals surface area contributed by atoms with Crippen molar-refractivity contribution in [1.82, 2.24) is 9.88 Å². The van der Waals surface area contributed by atoms with Crippen molar-refractivity contribution < 1.29 is 14.7 Å². The highest BCUT2D eigenvalue weighted by molar-refractivity contribution is 7.09. The van der Waals surface area contributed by atoms with Crippen molar-refractivity contribution in [2.45, 2.75) is 33.2 Å². The summed E-state index contributed by atoms with van der Waals surface area (Å²) in [6.07, 6.45) is 0.431. The zero-order valence-corrected chi connectivity index (χ0v) is 11.8. The van der Waals surface area contributed by atoms with Gasteiger partial charge in [-0.05, 0) is 19.3 Å². The number of aromatic nitrogens is 1. The van der Waals surface area contributed by atoms with E-state index >= 15 is 0 Å². The number of hydrogen-bond acceptors (Lipinski definition) is 4. The summed E-state index contributed by atoms with van der Waals surface area (Å²) in [6, 6.07) is -0.807. The summed E-state index contributed by atoms with van der Waals surface area (Å²) in [7, 11) is 1.52. The first kappa shape index (κ1) is 14.6. The van der Waals surface area contributed by atoms with Gasteiger partial charge in [-0.15, -0.1) is 11.3 Å². The fourth-order valence-electron chi connectivity index (χ4n) is 1.69. The third-order valence-corrected chi connectivity index (χ3v) is 3.47. The molecule has 1 rings (SSSR count). The summed E-state index contributed by atoms with van der Waals surface area (Å²) in [5, 5.41) is 9.20. The van der Waals surface area contributed by atoms with Gasteiger partial charge in [0.2, 0.25) is 0 Å². The molecule has 0 bridgehead atoms. The number of carboxylic acid groups (broad SMARTS) is 1. The maximum Gasteiger partial charge on any atom is 0.326 e. The lowest BCUT2D eigenvalue weighted by atomic mass is 10.0. The van der Waals surface area contributed by atoms with E-state index in [2.05, 4.69) is 4.98 Å². The van der Waals surface area contributed by atoms with Crippen LogP contribution in [0.4, 0.5) is 0 Å². The van der Waals surface area contributed by atoms with Crippen LogP contribution in [0.25, 0.3) is 0 Å². The van der Waals surface area contributed by atoms with Crippen molar-refractivity contribution in [3.63, 3.8) is 0 Å². The first-order chi connectivity index (χ1) is 8.34. The van der Waals surface area contributed by atoms with Crippen LogP contribution in [-0.4, -0.2) is 40.0 Å². The third kappa shape index (κ3) is 3.29. The predicted molar refractivity (Wildman–Crippen MR) is 69.8 cm³/mol. The number of carboxylic acids is 1. The van der Waals surface area contributed by atoms with Crippen molar-refractivity contribution >= 4 is 23.2 Å². The largest absolute Gasteiger partial charge is 0.480 e. The number of likely N-dealkylation sites (N-methyl/N-ethyl adjacent to an activating group) is 1. The number of aliphatic carboxylic acids is 1. The standard InChI is InChI=1S/C12H18N2O3S/c1-7(2)5-9(12(16)17)14(4)11(15)10-8(3)18-6-13-10/h6-7,9H,5H2,1-4H3,(H,16,17). The predicted octanol–water partition coefficient (Wildman–Crippen LogP) is 2.02. The lowest BCUT2D eigenvalue weighted by Crippen LogP contribution is -2.43. The van der Waals surface area contributed by atoms with E-state index in [4.69, 9.17) is 0 Å². The molecule has 1 N–H and O–H groups in total. The number of carbonyl (C=O) groups excluding carboxylic acids is 1. The van der Waals surface area contributed by atoms with Gasteiger partial charge in [-0.2, -0.15) is 0 Å². The third-order valence-electron chi connectivity index (χ3n) is 2.71. The number of rotatable bonds is 5. The van der Waals surface area contributed by atoms with Crippen LogP contribution in [0, 0.1) is 12.8 Å². The Labute approximate surface area is 110 Å². The van der Waals surface area contributed by atoms with Crippen LogP contribution in [0.1, 0.15) is 35.6 Å². The molecule has 0 spiro atoms. The van der Waals surface area contributed by atoms with Gasteiger partial charge in [-0.3, -0.25) is 4.79 Å². The second-order valence-corrected chi connectivity index (χ2v) is 5.72. The molecular weight excluding hydrogens is 252 g/mol. The Morgan fingerprint density at radius 3 is 2.50 bits per heavy atom. The molecule has 6 heteroatoms. The van der Waals surface area contributed by atoms with Gasteiger partial charge < -0.3 is 10.0 Å². The molecule has 1 heterocycles. The van der Waals surface area contributed by atoms with E-state index in [1.54, 1.807) is 12.4 Å². The van der Waals surface area contributed by atoms with Crippen molar-refractivity contribution in [2.24, 2.45) is 5.92 Å². The van der Waals surface area contributed by atoms with Crippen molar-refractivity contribution in [2.75, 3.05) is 7.05 Å². The van der Waals surface area contributed by atoms with Crippen LogP contribution >= 0.6 is 11.3 Å². The molecule has 0 fully saturated rings. The molecule has 0 aliphatic carbocycles. The molecular formula is C12H18N2O3S. The highest BCUT2D eigenvalue weighted by Crippen LogP contribution is 2.17. The van der Waals surface area contributed by atoms with Gasteiger partial charge in [-0.25, -0.2) is 9.78 Å². The van der Waals surface area contributed by atoms with Gasteiger partial charge in [0.1, 0.15) is 11.7 Å². The Morgan fingerprint density at radius 1 is 1.50 bits per heavy atom. The Kier molecular flexibility index (Phi) is 4.84. The SMILES string of the molecule is Cc1scnc1C(=O)N(C)C(CC(C)C)C(=O)O. The fourth-order valence-corrected chi connectivity index (χ4v) is 2.26. The summed E-state index contributed by atoms with van der Waals surface area (Å²) in [4.78, 5) is 29.5. The molecule has 0 saturated heterocycles. The molecule has 5 nitrogen and oxygen atoms in total. The zero-order valence-electron chi connectivity index (χ0n) is 11.0. The molecule has 1 aromatic heterocycles. The number of hydrogen-bond donors (Lipinski definition) is 1. The minimum Gasteiger partial charge on any atom is -0.480 e. The maximum atomic E-state index is 12.2. The second kappa shape index (κ2) is 5.95. The first-order valence-corrected chi connectivity index (χ1v) is 6.62. The minimum atomic E-state index is -0.979. The van der Waals surface area contributed by atoms with E-state index in [0.29, 0.717) is 12.1 Å². The molecule has 100 valence electrons. The molecule has 1 aromatic rings. The lowest BCUT2D eigenvalue weighted by molar-refractivity contribution is -0.142. The van der Waals surface area contributed by atoms with Gasteiger partial charge in [-0.1, -0.05) is 13.8 Å². The molecule has 1 amide bonds. The van der Waals surface area contributed by atoms with Crippen LogP contribution in [0.5, 0.6) is 0 Å². The molecule has 18 heavy (non-hydrogen) atoms. The molecule has 1 unspecified atom stereocenters. The van der Waals surface area contributed by atoms with Crippen LogP contribution in [0.15, 0.2) is 5.51 Å². The Hall–Kier alpha value is -1.43. The van der Waals surface area contributed by atoms with Crippen LogP contribution in [0.2, 0.25) is 0 Å². The van der Waals surface area contributed by atoms with Crippen LogP contribution < -0.4 is 0 Å². The summed E-state index contributed by atoms with van der Waals surface area (Å²) < 4.78 is 0. The second-order valence-electron chi connectivity index (χ2n) is 4.66. The zero-order chi connectivity index (χ0) is 13.9. The smallest absolute Gasteiger partial charge is 0.326 e. The summed E-state index contributed by atoms with van der Waals surface area (Å²) in [5.41, 5.74) is 1.94. The lowest BCUT2D eigenvalue weighted by Gasteiger charge is -2.25. The van der Waals surface area contributed by atoms with Crippen molar-refractivity contribution in [1.29, 1.82) is 0 Å². The highest BCUT2D eigenvalue weighted by Gasteiger charge is 2.29. The summed E-state index contributed by atoms with van der Waals surface area (Å²) in [6.45, 7) is 5.67. The van der Waals surface area contributed by atoms with Gasteiger partial charge >= 0.3 is 5.97 Å². The highest BCUT2D eigenvalue weighted by atomic mass is 32.1. The quantitative estimate of drug-likeness (QED) is 0.888. The number of nitrogens with zero attached hydrogens (tertiary/aromatic N) is 2. The van der Waals surface area contributed by atoms with Crippen LogP contribution in [0.3, 0.4) is 0 Å². The Morgan fingerprint density at radius 2 is 2.11 bits per heavy atom. The van der Waals surface area contributed by atoms with E-state index in [1.807, 2.05) is 13.8 Å². The number of thiazole rings is 1. The number of carbonyl (C=O) groups is 2. The van der Waals surface area contributed by atoms with E-state index < -0.39 is 12.0 Å².